The smallest absolute Gasteiger partial charge is 0.164 e. The van der Waals surface area contributed by atoms with E-state index in [1.165, 1.54) is 0 Å². The highest BCUT2D eigenvalue weighted by molar-refractivity contribution is 7.99. The summed E-state index contributed by atoms with van der Waals surface area (Å²) in [6, 6.07) is 0. The van der Waals surface area contributed by atoms with Gasteiger partial charge in [0.05, 0.1) is 0 Å². The van der Waals surface area contributed by atoms with Gasteiger partial charge in [-0.05, 0) is 31.3 Å². The van der Waals surface area contributed by atoms with E-state index < -0.39 is 5.60 Å². The van der Waals surface area contributed by atoms with E-state index in [9.17, 15) is 4.79 Å². The second-order valence-corrected chi connectivity index (χ2v) is 4.54. The van der Waals surface area contributed by atoms with Crippen LogP contribution in [0, 0.1) is 0 Å². The zero-order valence-corrected chi connectivity index (χ0v) is 9.28. The van der Waals surface area contributed by atoms with Crippen molar-refractivity contribution in [3.63, 3.8) is 0 Å². The maximum Gasteiger partial charge on any atom is 0.164 e. The van der Waals surface area contributed by atoms with Crippen molar-refractivity contribution in [2.45, 2.75) is 38.7 Å². The summed E-state index contributed by atoms with van der Waals surface area (Å²) < 4.78 is 5.66. The molecule has 0 bridgehead atoms. The van der Waals surface area contributed by atoms with Gasteiger partial charge in [-0.15, -0.1) is 0 Å². The van der Waals surface area contributed by atoms with Crippen molar-refractivity contribution in [3.05, 3.63) is 0 Å². The lowest BCUT2D eigenvalue weighted by Crippen LogP contribution is -2.44. The molecule has 0 aromatic carbocycles. The molecule has 0 spiro atoms. The number of carbonyl (C=O) groups excluding carboxylic acids is 1. The van der Waals surface area contributed by atoms with Crippen LogP contribution in [-0.4, -0.2) is 29.5 Å². The van der Waals surface area contributed by atoms with Crippen LogP contribution < -0.4 is 0 Å². The highest BCUT2D eigenvalue weighted by Gasteiger charge is 2.38. The normalized spacial score (nSPS) is 21.4. The van der Waals surface area contributed by atoms with E-state index in [0.717, 1.165) is 24.3 Å². The molecule has 0 unspecified atom stereocenters. The zero-order chi connectivity index (χ0) is 9.73. The van der Waals surface area contributed by atoms with E-state index >= 15 is 0 Å². The lowest BCUT2D eigenvalue weighted by atomic mass is 9.90. The second kappa shape index (κ2) is 5.01. The largest absolute Gasteiger partial charge is 0.367 e. The molecule has 0 amide bonds. The summed E-state index contributed by atoms with van der Waals surface area (Å²) in [6.07, 6.45) is 2.40. The summed E-state index contributed by atoms with van der Waals surface area (Å²) >= 11 is 1.92. The Morgan fingerprint density at radius 3 is 2.46 bits per heavy atom. The molecule has 2 nitrogen and oxygen atoms in total. The molecule has 76 valence electrons. The fourth-order valence-corrected chi connectivity index (χ4v) is 2.96. The summed E-state index contributed by atoms with van der Waals surface area (Å²) in [5, 5.41) is 0. The van der Waals surface area contributed by atoms with E-state index in [1.807, 2.05) is 25.6 Å². The van der Waals surface area contributed by atoms with Crippen molar-refractivity contribution in [2.75, 3.05) is 18.1 Å². The van der Waals surface area contributed by atoms with E-state index in [1.54, 1.807) is 0 Å². The van der Waals surface area contributed by atoms with Gasteiger partial charge >= 0.3 is 0 Å². The highest BCUT2D eigenvalue weighted by Crippen LogP contribution is 2.32. The third-order valence-corrected chi connectivity index (χ3v) is 3.54. The molecule has 0 radical (unpaired) electrons. The first-order chi connectivity index (χ1) is 6.25. The maximum absolute atomic E-state index is 11.7. The van der Waals surface area contributed by atoms with E-state index in [0.29, 0.717) is 13.0 Å². The van der Waals surface area contributed by atoms with Gasteiger partial charge in [-0.3, -0.25) is 4.79 Å². The van der Waals surface area contributed by atoms with Crippen molar-refractivity contribution in [3.8, 4) is 0 Å². The van der Waals surface area contributed by atoms with Crippen molar-refractivity contribution in [1.29, 1.82) is 0 Å². The maximum atomic E-state index is 11.7. The first kappa shape index (κ1) is 11.1. The van der Waals surface area contributed by atoms with Gasteiger partial charge in [0.15, 0.2) is 5.78 Å². The quantitative estimate of drug-likeness (QED) is 0.699. The van der Waals surface area contributed by atoms with Gasteiger partial charge in [-0.2, -0.15) is 11.8 Å². The molecule has 1 aliphatic rings. The number of hydrogen-bond acceptors (Lipinski definition) is 3. The molecule has 0 N–H and O–H groups in total. The van der Waals surface area contributed by atoms with E-state index in [-0.39, 0.29) is 5.78 Å². The summed E-state index contributed by atoms with van der Waals surface area (Å²) in [5.41, 5.74) is -0.422. The van der Waals surface area contributed by atoms with Crippen LogP contribution in [0.4, 0.5) is 0 Å². The Morgan fingerprint density at radius 1 is 1.38 bits per heavy atom. The van der Waals surface area contributed by atoms with Gasteiger partial charge < -0.3 is 4.74 Å². The topological polar surface area (TPSA) is 26.3 Å². The standard InChI is InChI=1S/C10H18O2S/c1-3-9(11)10(12-4-2)5-7-13-8-6-10/h3-8H2,1-2H3. The van der Waals surface area contributed by atoms with Gasteiger partial charge in [0.1, 0.15) is 5.60 Å². The molecule has 1 rings (SSSR count). The molecule has 3 heteroatoms. The molecule has 0 aliphatic carbocycles. The molecule has 1 heterocycles. The van der Waals surface area contributed by atoms with Crippen molar-refractivity contribution in [2.24, 2.45) is 0 Å². The summed E-state index contributed by atoms with van der Waals surface area (Å²) in [4.78, 5) is 11.7. The van der Waals surface area contributed by atoms with Crippen molar-refractivity contribution in [1.82, 2.24) is 0 Å². The summed E-state index contributed by atoms with van der Waals surface area (Å²) in [6.45, 7) is 4.54. The van der Waals surface area contributed by atoms with Crippen LogP contribution in [0.2, 0.25) is 0 Å². The number of rotatable bonds is 4. The first-order valence-corrected chi connectivity index (χ1v) is 6.15. The van der Waals surface area contributed by atoms with E-state index in [2.05, 4.69) is 0 Å². The molecule has 0 atom stereocenters. The number of thioether (sulfide) groups is 1. The SMILES string of the molecule is CCOC1(C(=O)CC)CCSCC1. The second-order valence-electron chi connectivity index (χ2n) is 3.32. The lowest BCUT2D eigenvalue weighted by molar-refractivity contribution is -0.145. The van der Waals surface area contributed by atoms with Crippen LogP contribution in [0.3, 0.4) is 0 Å². The van der Waals surface area contributed by atoms with Crippen LogP contribution in [0.25, 0.3) is 0 Å². The Hall–Kier alpha value is -0.0200. The minimum absolute atomic E-state index is 0.287. The number of hydrogen-bond donors (Lipinski definition) is 0. The Morgan fingerprint density at radius 2 is 2.00 bits per heavy atom. The monoisotopic (exact) mass is 202 g/mol. The van der Waals surface area contributed by atoms with Crippen LogP contribution >= 0.6 is 11.8 Å². The average Bonchev–Trinajstić information content (AvgIpc) is 2.18. The van der Waals surface area contributed by atoms with Gasteiger partial charge in [-0.1, -0.05) is 6.92 Å². The number of ether oxygens (including phenoxy) is 1. The fraction of sp³-hybridized carbons (Fsp3) is 0.900. The Bertz CT molecular complexity index is 168. The van der Waals surface area contributed by atoms with Crippen LogP contribution in [0.1, 0.15) is 33.1 Å². The zero-order valence-electron chi connectivity index (χ0n) is 8.47. The molecule has 1 fully saturated rings. The van der Waals surface area contributed by atoms with Gasteiger partial charge in [-0.25, -0.2) is 0 Å². The molecular formula is C10H18O2S. The van der Waals surface area contributed by atoms with Crippen molar-refractivity contribution >= 4 is 17.5 Å². The average molecular weight is 202 g/mol. The first-order valence-electron chi connectivity index (χ1n) is 5.00. The van der Waals surface area contributed by atoms with Crippen LogP contribution in [0.5, 0.6) is 0 Å². The van der Waals surface area contributed by atoms with Gasteiger partial charge in [0.25, 0.3) is 0 Å². The van der Waals surface area contributed by atoms with Gasteiger partial charge in [0, 0.05) is 13.0 Å². The van der Waals surface area contributed by atoms with Crippen molar-refractivity contribution < 1.29 is 9.53 Å². The Labute approximate surface area is 84.4 Å². The number of ketones is 1. The highest BCUT2D eigenvalue weighted by atomic mass is 32.2. The molecular weight excluding hydrogens is 184 g/mol. The van der Waals surface area contributed by atoms with Gasteiger partial charge in [0.2, 0.25) is 0 Å². The molecule has 13 heavy (non-hydrogen) atoms. The fourth-order valence-electron chi connectivity index (χ4n) is 1.80. The minimum Gasteiger partial charge on any atom is -0.367 e. The molecule has 1 aliphatic heterocycles. The van der Waals surface area contributed by atoms with Crippen LogP contribution in [0.15, 0.2) is 0 Å². The summed E-state index contributed by atoms with van der Waals surface area (Å²) in [5.74, 6) is 2.41. The molecule has 1 saturated heterocycles. The summed E-state index contributed by atoms with van der Waals surface area (Å²) in [7, 11) is 0. The lowest BCUT2D eigenvalue weighted by Gasteiger charge is -2.35. The predicted molar refractivity (Wildman–Crippen MR) is 56.2 cm³/mol. The number of Topliss-reactive ketones (excluding diaryl/α,β-unsaturated/α-hetero) is 1. The third kappa shape index (κ3) is 2.47. The predicted octanol–water partition coefficient (Wildman–Crippen LogP) is 2.27. The van der Waals surface area contributed by atoms with Crippen LogP contribution in [-0.2, 0) is 9.53 Å². The van der Waals surface area contributed by atoms with E-state index in [4.69, 9.17) is 4.74 Å². The Balaban J connectivity index is 2.66. The molecule has 0 saturated carbocycles. The molecule has 0 aromatic rings. The third-order valence-electron chi connectivity index (χ3n) is 2.55. The molecule has 0 aromatic heterocycles. The number of carbonyl (C=O) groups is 1. The Kier molecular flexibility index (Phi) is 4.26. The minimum atomic E-state index is -0.422.